The Hall–Kier alpha value is -4.88. The Morgan fingerprint density at radius 2 is 1.87 bits per heavy atom. The van der Waals surface area contributed by atoms with E-state index in [1.165, 1.54) is 34.9 Å². The van der Waals surface area contributed by atoms with E-state index in [4.69, 9.17) is 27.9 Å². The maximum atomic E-state index is 13.8. The van der Waals surface area contributed by atoms with Crippen LogP contribution in [0.15, 0.2) is 66.0 Å². The van der Waals surface area contributed by atoms with Crippen molar-refractivity contribution in [3.63, 3.8) is 0 Å². The van der Waals surface area contributed by atoms with Crippen molar-refractivity contribution < 1.29 is 14.3 Å². The van der Waals surface area contributed by atoms with Gasteiger partial charge in [0, 0.05) is 34.8 Å². The van der Waals surface area contributed by atoms with E-state index in [1.807, 2.05) is 6.92 Å². The highest BCUT2D eigenvalue weighted by Gasteiger charge is 2.24. The van der Waals surface area contributed by atoms with Crippen LogP contribution in [0.2, 0.25) is 10.2 Å². The second-order valence-electron chi connectivity index (χ2n) is 10.6. The number of esters is 1. The molecule has 2 bridgehead atoms. The normalized spacial score (nSPS) is 16.9. The molecule has 5 heterocycles. The molecule has 0 fully saturated rings. The predicted octanol–water partition coefficient (Wildman–Crippen LogP) is 4.90. The van der Waals surface area contributed by atoms with Crippen molar-refractivity contribution in [2.75, 3.05) is 12.4 Å². The molecule has 1 aliphatic heterocycles. The topological polar surface area (TPSA) is 152 Å². The van der Waals surface area contributed by atoms with Crippen LogP contribution in [-0.2, 0) is 9.53 Å². The van der Waals surface area contributed by atoms with Crippen LogP contribution in [-0.4, -0.2) is 58.3 Å². The predicted molar refractivity (Wildman–Crippen MR) is 166 cm³/mol. The van der Waals surface area contributed by atoms with Crippen molar-refractivity contribution in [3.05, 3.63) is 93.1 Å². The summed E-state index contributed by atoms with van der Waals surface area (Å²) in [7, 11) is 1.26. The second-order valence-corrected chi connectivity index (χ2v) is 11.4. The van der Waals surface area contributed by atoms with Crippen LogP contribution in [0.1, 0.15) is 54.8 Å². The second kappa shape index (κ2) is 12.6. The monoisotopic (exact) mass is 647 g/mol. The number of rotatable bonds is 4. The van der Waals surface area contributed by atoms with Gasteiger partial charge in [0.1, 0.15) is 5.82 Å². The molecule has 1 aliphatic rings. The Bertz CT molecular complexity index is 1970. The van der Waals surface area contributed by atoms with Gasteiger partial charge in [0.2, 0.25) is 5.91 Å². The maximum Gasteiger partial charge on any atom is 0.358 e. The third kappa shape index (κ3) is 6.22. The number of halogens is 2. The Labute approximate surface area is 266 Å². The van der Waals surface area contributed by atoms with Gasteiger partial charge in [-0.15, -0.1) is 5.10 Å². The van der Waals surface area contributed by atoms with Crippen molar-refractivity contribution >= 4 is 40.9 Å². The van der Waals surface area contributed by atoms with Gasteiger partial charge in [-0.25, -0.2) is 19.1 Å². The molecule has 4 aromatic heterocycles. The van der Waals surface area contributed by atoms with Crippen molar-refractivity contribution in [1.82, 2.24) is 39.3 Å². The molecule has 0 saturated heterocycles. The van der Waals surface area contributed by atoms with Gasteiger partial charge >= 0.3 is 5.97 Å². The highest BCUT2D eigenvalue weighted by Crippen LogP contribution is 2.30. The lowest BCUT2D eigenvalue weighted by molar-refractivity contribution is -0.119. The fourth-order valence-corrected chi connectivity index (χ4v) is 5.58. The van der Waals surface area contributed by atoms with Gasteiger partial charge in [-0.05, 0) is 43.2 Å². The first kappa shape index (κ1) is 30.2. The molecular formula is C30H27Cl2N9O4. The maximum absolute atomic E-state index is 13.8. The zero-order chi connectivity index (χ0) is 31.7. The highest BCUT2D eigenvalue weighted by molar-refractivity contribution is 6.31. The van der Waals surface area contributed by atoms with E-state index in [9.17, 15) is 14.4 Å². The molecule has 15 heteroatoms. The molecule has 1 aromatic carbocycles. The number of ether oxygens (including phenoxy) is 1. The fourth-order valence-electron chi connectivity index (χ4n) is 5.29. The molecule has 0 unspecified atom stereocenters. The number of carbonyl (C=O) groups is 2. The molecule has 1 amide bonds. The fraction of sp³-hybridized carbons (Fsp3) is 0.267. The highest BCUT2D eigenvalue weighted by atomic mass is 35.5. The molecule has 0 spiro atoms. The summed E-state index contributed by atoms with van der Waals surface area (Å²) in [6.07, 6.45) is 7.29. The van der Waals surface area contributed by atoms with E-state index in [0.29, 0.717) is 52.0 Å². The van der Waals surface area contributed by atoms with Gasteiger partial charge in [-0.1, -0.05) is 48.2 Å². The Morgan fingerprint density at radius 3 is 2.62 bits per heavy atom. The number of carbonyl (C=O) groups excluding carboxylic acids is 2. The van der Waals surface area contributed by atoms with Gasteiger partial charge in [-0.3, -0.25) is 19.1 Å². The zero-order valence-corrected chi connectivity index (χ0v) is 25.7. The summed E-state index contributed by atoms with van der Waals surface area (Å²) in [5.41, 5.74) is 2.41. The van der Waals surface area contributed by atoms with E-state index in [-0.39, 0.29) is 28.2 Å². The van der Waals surface area contributed by atoms with Crippen molar-refractivity contribution in [1.29, 1.82) is 0 Å². The number of pyridine rings is 1. The third-order valence-corrected chi connectivity index (χ3v) is 8.04. The number of nitrogens with one attached hydrogen (secondary N) is 1. The Balaban J connectivity index is 1.43. The Kier molecular flexibility index (Phi) is 8.46. The van der Waals surface area contributed by atoms with E-state index >= 15 is 0 Å². The first-order valence-electron chi connectivity index (χ1n) is 14.1. The molecule has 230 valence electrons. The molecule has 13 nitrogen and oxygen atoms in total. The molecule has 6 rings (SSSR count). The molecule has 5 aromatic rings. The van der Waals surface area contributed by atoms with Gasteiger partial charge in [-0.2, -0.15) is 5.10 Å². The number of hydrogen-bond acceptors (Lipinski definition) is 9. The summed E-state index contributed by atoms with van der Waals surface area (Å²) >= 11 is 12.3. The molecular weight excluding hydrogens is 621 g/mol. The van der Waals surface area contributed by atoms with Gasteiger partial charge < -0.3 is 10.1 Å². The first-order chi connectivity index (χ1) is 21.7. The summed E-state index contributed by atoms with van der Waals surface area (Å²) in [4.78, 5) is 48.3. The van der Waals surface area contributed by atoms with E-state index < -0.39 is 12.0 Å². The van der Waals surface area contributed by atoms with Gasteiger partial charge in [0.15, 0.2) is 10.8 Å². The molecule has 1 N–H and O–H groups in total. The van der Waals surface area contributed by atoms with E-state index in [0.717, 1.165) is 12.8 Å². The lowest BCUT2D eigenvalue weighted by atomic mass is 9.99. The van der Waals surface area contributed by atoms with Gasteiger partial charge in [0.25, 0.3) is 5.56 Å². The van der Waals surface area contributed by atoms with Crippen LogP contribution in [0.3, 0.4) is 0 Å². The van der Waals surface area contributed by atoms with Crippen LogP contribution in [0.25, 0.3) is 22.6 Å². The van der Waals surface area contributed by atoms with E-state index in [1.54, 1.807) is 47.3 Å². The number of aromatic nitrogens is 8. The van der Waals surface area contributed by atoms with Crippen molar-refractivity contribution in [2.24, 2.45) is 5.92 Å². The summed E-state index contributed by atoms with van der Waals surface area (Å²) in [5, 5.41) is 15.8. The van der Waals surface area contributed by atoms with Crippen molar-refractivity contribution in [3.8, 4) is 22.6 Å². The minimum absolute atomic E-state index is 0.0343. The van der Waals surface area contributed by atoms with Gasteiger partial charge in [0.05, 0.1) is 48.4 Å². The summed E-state index contributed by atoms with van der Waals surface area (Å²) in [5.74, 6) is -0.819. The SMILES string of the molecule is COC(=O)c1cc2n(n1)-c1ccnc(c1)[C@@H](n1cnc(-c3cc(Cl)ccc3-n3cc(Cl)nn3)cc1=O)CCCC[C@@H](C)C(=O)N2. The number of fused-ring (bicyclic) bond motifs is 4. The van der Waals surface area contributed by atoms with Crippen LogP contribution in [0.5, 0.6) is 0 Å². The summed E-state index contributed by atoms with van der Waals surface area (Å²) in [6.45, 7) is 1.85. The lowest BCUT2D eigenvalue weighted by Gasteiger charge is -2.20. The number of hydrogen-bond donors (Lipinski definition) is 1. The molecule has 0 aliphatic carbocycles. The lowest BCUT2D eigenvalue weighted by Crippen LogP contribution is -2.26. The molecule has 0 saturated carbocycles. The average molecular weight is 649 g/mol. The largest absolute Gasteiger partial charge is 0.464 e. The number of benzene rings is 1. The molecule has 45 heavy (non-hydrogen) atoms. The quantitative estimate of drug-likeness (QED) is 0.268. The third-order valence-electron chi connectivity index (χ3n) is 7.64. The first-order valence-corrected chi connectivity index (χ1v) is 14.9. The molecule has 2 atom stereocenters. The van der Waals surface area contributed by atoms with Crippen LogP contribution < -0.4 is 10.9 Å². The van der Waals surface area contributed by atoms with Crippen LogP contribution in [0.4, 0.5) is 5.82 Å². The van der Waals surface area contributed by atoms with Crippen LogP contribution in [0, 0.1) is 5.92 Å². The number of methoxy groups -OCH3 is 1. The number of nitrogens with zero attached hydrogens (tertiary/aromatic N) is 8. The standard InChI is InChI=1S/C30H27Cl2N9O4/c1-17-5-3-4-6-25(22-12-19(9-10-33-22)41-27(35-29(17)43)13-23(37-41)30(44)45-2)39-16-34-21(14-28(39)42)20-11-18(31)7-8-24(20)40-15-26(32)36-38-40/h7-17,25H,3-6H2,1-2H3,(H,35,43)/t17-,25+/m1/s1. The smallest absolute Gasteiger partial charge is 0.358 e. The number of amides is 1. The molecule has 0 radical (unpaired) electrons. The average Bonchev–Trinajstić information content (AvgIpc) is 3.66. The summed E-state index contributed by atoms with van der Waals surface area (Å²) < 4.78 is 9.34. The minimum Gasteiger partial charge on any atom is -0.464 e. The number of anilines is 1. The van der Waals surface area contributed by atoms with Crippen LogP contribution >= 0.6 is 23.2 Å². The summed E-state index contributed by atoms with van der Waals surface area (Å²) in [6, 6.07) is 11.1. The Morgan fingerprint density at radius 1 is 1.04 bits per heavy atom. The van der Waals surface area contributed by atoms with Crippen molar-refractivity contribution in [2.45, 2.75) is 38.6 Å². The van der Waals surface area contributed by atoms with E-state index in [2.05, 4.69) is 30.7 Å². The zero-order valence-electron chi connectivity index (χ0n) is 24.2. The minimum atomic E-state index is -0.641.